The Balaban J connectivity index is 5.07. The molecule has 0 aromatic carbocycles. The first kappa shape index (κ1) is 24.6. The minimum Gasteiger partial charge on any atom is -0.375 e. The average Bonchev–Trinajstić information content (AvgIpc) is 2.37. The quantitative estimate of drug-likeness (QED) is 0.429. The van der Waals surface area contributed by atoms with E-state index in [9.17, 15) is 22.0 Å². The summed E-state index contributed by atoms with van der Waals surface area (Å²) in [5, 5.41) is 0. The van der Waals surface area contributed by atoms with Crippen LogP contribution in [-0.2, 0) is 9.47 Å². The van der Waals surface area contributed by atoms with Crippen molar-refractivity contribution in [2.24, 2.45) is 17.8 Å². The summed E-state index contributed by atoms with van der Waals surface area (Å²) in [7, 11) is 0. The molecule has 0 heterocycles. The first-order valence-electron chi connectivity index (χ1n) is 8.65. The van der Waals surface area contributed by atoms with Crippen molar-refractivity contribution in [1.29, 1.82) is 0 Å². The largest absolute Gasteiger partial charge is 0.417 e. The van der Waals surface area contributed by atoms with Crippen molar-refractivity contribution >= 4 is 0 Å². The molecule has 0 radical (unpaired) electrons. The first-order chi connectivity index (χ1) is 10.9. The fourth-order valence-electron chi connectivity index (χ4n) is 2.50. The van der Waals surface area contributed by atoms with Gasteiger partial charge in [-0.15, -0.1) is 0 Å². The zero-order chi connectivity index (χ0) is 20.3. The molecule has 0 N–H and O–H groups in total. The van der Waals surface area contributed by atoms with Gasteiger partial charge in [-0.05, 0) is 40.0 Å². The van der Waals surface area contributed by atoms with Gasteiger partial charge >= 0.3 is 6.18 Å². The Bertz CT molecular complexity index is 401. The van der Waals surface area contributed by atoms with Gasteiger partial charge in [-0.1, -0.05) is 27.7 Å². The molecule has 0 rings (SSSR count). The number of alkyl halides is 5. The highest BCUT2D eigenvalue weighted by molar-refractivity contribution is 4.90. The SMILES string of the molecule is CC(C)CC(C)(C)OCC(C)C(C)(OCC(C)C(C)(F)F)C(F)(F)F. The molecule has 7 heteroatoms. The second kappa shape index (κ2) is 8.51. The van der Waals surface area contributed by atoms with Gasteiger partial charge in [-0.3, -0.25) is 0 Å². The molecule has 0 aromatic heterocycles. The van der Waals surface area contributed by atoms with Crippen LogP contribution in [0.15, 0.2) is 0 Å². The third kappa shape index (κ3) is 7.77. The van der Waals surface area contributed by atoms with Crippen molar-refractivity contribution in [3.63, 3.8) is 0 Å². The number of halogens is 5. The van der Waals surface area contributed by atoms with Crippen molar-refractivity contribution in [2.45, 2.75) is 85.1 Å². The Hall–Kier alpha value is -0.430. The van der Waals surface area contributed by atoms with Gasteiger partial charge in [0, 0.05) is 11.8 Å². The standard InChI is InChI=1S/C18H33F5O2/c1-12(2)9-15(5,6)24-10-13(3)16(7,18(21,22)23)25-11-14(4)17(8,19)20/h12-14H,9-11H2,1-8H3. The van der Waals surface area contributed by atoms with Gasteiger partial charge in [0.15, 0.2) is 5.60 Å². The summed E-state index contributed by atoms with van der Waals surface area (Å²) in [4.78, 5) is 0. The van der Waals surface area contributed by atoms with E-state index in [1.54, 1.807) is 0 Å². The van der Waals surface area contributed by atoms with E-state index < -0.39 is 41.7 Å². The Labute approximate surface area is 148 Å². The Morgan fingerprint density at radius 1 is 0.720 bits per heavy atom. The maximum absolute atomic E-state index is 13.6. The van der Waals surface area contributed by atoms with E-state index in [2.05, 4.69) is 0 Å². The maximum Gasteiger partial charge on any atom is 0.417 e. The van der Waals surface area contributed by atoms with Crippen LogP contribution in [0.25, 0.3) is 0 Å². The Kier molecular flexibility index (Phi) is 8.36. The molecular formula is C18H33F5O2. The lowest BCUT2D eigenvalue weighted by molar-refractivity contribution is -0.300. The minimum atomic E-state index is -4.69. The zero-order valence-corrected chi connectivity index (χ0v) is 16.6. The van der Waals surface area contributed by atoms with E-state index in [0.29, 0.717) is 19.3 Å². The fraction of sp³-hybridized carbons (Fsp3) is 1.00. The van der Waals surface area contributed by atoms with Gasteiger partial charge in [0.05, 0.1) is 18.8 Å². The monoisotopic (exact) mass is 376 g/mol. The highest BCUT2D eigenvalue weighted by Crippen LogP contribution is 2.41. The topological polar surface area (TPSA) is 18.5 Å². The summed E-state index contributed by atoms with van der Waals surface area (Å²) in [6, 6.07) is 0. The van der Waals surface area contributed by atoms with E-state index in [4.69, 9.17) is 9.47 Å². The van der Waals surface area contributed by atoms with E-state index in [1.165, 1.54) is 13.8 Å². The highest BCUT2D eigenvalue weighted by Gasteiger charge is 2.56. The van der Waals surface area contributed by atoms with Crippen molar-refractivity contribution in [3.8, 4) is 0 Å². The van der Waals surface area contributed by atoms with E-state index in [0.717, 1.165) is 6.92 Å². The molecule has 0 amide bonds. The summed E-state index contributed by atoms with van der Waals surface area (Å²) in [5.41, 5.74) is -3.13. The summed E-state index contributed by atoms with van der Waals surface area (Å²) in [6.07, 6.45) is -4.00. The van der Waals surface area contributed by atoms with E-state index in [-0.39, 0.29) is 6.61 Å². The predicted molar refractivity (Wildman–Crippen MR) is 88.8 cm³/mol. The van der Waals surface area contributed by atoms with Crippen LogP contribution in [0, 0.1) is 17.8 Å². The van der Waals surface area contributed by atoms with Crippen molar-refractivity contribution in [1.82, 2.24) is 0 Å². The molecule has 0 aliphatic rings. The molecule has 0 saturated heterocycles. The molecule has 0 aliphatic heterocycles. The molecule has 3 unspecified atom stereocenters. The average molecular weight is 376 g/mol. The third-order valence-corrected chi connectivity index (χ3v) is 4.63. The van der Waals surface area contributed by atoms with Crippen LogP contribution in [0.1, 0.15) is 61.8 Å². The van der Waals surface area contributed by atoms with Crippen LogP contribution < -0.4 is 0 Å². The normalized spacial score (nSPS) is 19.0. The van der Waals surface area contributed by atoms with Crippen molar-refractivity contribution in [3.05, 3.63) is 0 Å². The van der Waals surface area contributed by atoms with Crippen LogP contribution in [0.2, 0.25) is 0 Å². The third-order valence-electron chi connectivity index (χ3n) is 4.63. The number of hydrogen-bond donors (Lipinski definition) is 0. The molecule has 2 nitrogen and oxygen atoms in total. The number of rotatable bonds is 10. The van der Waals surface area contributed by atoms with Crippen LogP contribution >= 0.6 is 0 Å². The van der Waals surface area contributed by atoms with Crippen LogP contribution in [0.3, 0.4) is 0 Å². The van der Waals surface area contributed by atoms with Crippen LogP contribution in [0.4, 0.5) is 22.0 Å². The first-order valence-corrected chi connectivity index (χ1v) is 8.65. The Morgan fingerprint density at radius 3 is 1.52 bits per heavy atom. The van der Waals surface area contributed by atoms with Crippen LogP contribution in [-0.4, -0.2) is 36.5 Å². The van der Waals surface area contributed by atoms with Crippen molar-refractivity contribution in [2.75, 3.05) is 13.2 Å². The van der Waals surface area contributed by atoms with Crippen LogP contribution in [0.5, 0.6) is 0 Å². The van der Waals surface area contributed by atoms with Gasteiger partial charge in [0.1, 0.15) is 0 Å². The lowest BCUT2D eigenvalue weighted by Crippen LogP contribution is -2.53. The molecular weight excluding hydrogens is 343 g/mol. The van der Waals surface area contributed by atoms with Gasteiger partial charge in [0.2, 0.25) is 5.92 Å². The molecule has 0 spiro atoms. The second-order valence-electron chi connectivity index (χ2n) is 8.34. The Morgan fingerprint density at radius 2 is 1.16 bits per heavy atom. The molecule has 3 atom stereocenters. The summed E-state index contributed by atoms with van der Waals surface area (Å²) >= 11 is 0. The lowest BCUT2D eigenvalue weighted by Gasteiger charge is -2.40. The summed E-state index contributed by atoms with van der Waals surface area (Å²) in [6.45, 7) is 10.9. The van der Waals surface area contributed by atoms with Gasteiger partial charge in [-0.25, -0.2) is 8.78 Å². The number of ether oxygens (including phenoxy) is 2. The molecule has 25 heavy (non-hydrogen) atoms. The second-order valence-corrected chi connectivity index (χ2v) is 8.34. The highest BCUT2D eigenvalue weighted by atomic mass is 19.4. The number of hydrogen-bond acceptors (Lipinski definition) is 2. The van der Waals surface area contributed by atoms with E-state index >= 15 is 0 Å². The van der Waals surface area contributed by atoms with Gasteiger partial charge in [-0.2, -0.15) is 13.2 Å². The smallest absolute Gasteiger partial charge is 0.375 e. The molecule has 0 bridgehead atoms. The fourth-order valence-corrected chi connectivity index (χ4v) is 2.50. The predicted octanol–water partition coefficient (Wildman–Crippen LogP) is 6.09. The molecule has 152 valence electrons. The summed E-state index contributed by atoms with van der Waals surface area (Å²) < 4.78 is 77.8. The molecule has 0 aromatic rings. The molecule has 0 fully saturated rings. The maximum atomic E-state index is 13.6. The lowest BCUT2D eigenvalue weighted by atomic mass is 9.89. The van der Waals surface area contributed by atoms with E-state index in [1.807, 2.05) is 27.7 Å². The minimum absolute atomic E-state index is 0.174. The molecule has 0 saturated carbocycles. The van der Waals surface area contributed by atoms with Gasteiger partial charge < -0.3 is 9.47 Å². The van der Waals surface area contributed by atoms with Crippen molar-refractivity contribution < 1.29 is 31.4 Å². The zero-order valence-electron chi connectivity index (χ0n) is 16.6. The molecule has 0 aliphatic carbocycles. The summed E-state index contributed by atoms with van der Waals surface area (Å²) in [5.74, 6) is -5.13. The van der Waals surface area contributed by atoms with Gasteiger partial charge in [0.25, 0.3) is 0 Å².